The van der Waals surface area contributed by atoms with Crippen LogP contribution < -0.4 is 4.74 Å². The summed E-state index contributed by atoms with van der Waals surface area (Å²) in [5.74, 6) is -0.218. The van der Waals surface area contributed by atoms with Crippen LogP contribution >= 0.6 is 15.9 Å². The van der Waals surface area contributed by atoms with E-state index in [-0.39, 0.29) is 16.9 Å². The summed E-state index contributed by atoms with van der Waals surface area (Å²) in [6, 6.07) is 20.5. The largest absolute Gasteiger partial charge is 0.507 e. The lowest BCUT2D eigenvalue weighted by Gasteiger charge is -2.22. The van der Waals surface area contributed by atoms with Crippen LogP contribution in [0.5, 0.6) is 11.5 Å². The highest BCUT2D eigenvalue weighted by Crippen LogP contribution is 2.42. The van der Waals surface area contributed by atoms with Gasteiger partial charge in [0.05, 0.1) is 0 Å². The standard InChI is InChI=1S/C23H15BrF4O2/c24-22(25,26)23(27,28)30-20-7-3-5-16-9-8-14(13-19(16)20)12-17-11-10-15-4-1-2-6-18(15)21(17)29/h1-11,13,29H,12H2. The molecule has 2 nitrogen and oxygen atoms in total. The van der Waals surface area contributed by atoms with Crippen molar-refractivity contribution in [1.29, 1.82) is 0 Å². The van der Waals surface area contributed by atoms with Gasteiger partial charge in [-0.3, -0.25) is 0 Å². The topological polar surface area (TPSA) is 29.5 Å². The summed E-state index contributed by atoms with van der Waals surface area (Å²) < 4.78 is 58.1. The minimum atomic E-state index is -4.73. The van der Waals surface area contributed by atoms with E-state index in [2.05, 4.69) is 4.74 Å². The van der Waals surface area contributed by atoms with Gasteiger partial charge in [0.15, 0.2) is 0 Å². The van der Waals surface area contributed by atoms with E-state index in [1.807, 2.05) is 30.3 Å². The summed E-state index contributed by atoms with van der Waals surface area (Å²) >= 11 is 1.67. The highest BCUT2D eigenvalue weighted by Gasteiger charge is 2.57. The van der Waals surface area contributed by atoms with Crippen molar-refractivity contribution in [1.82, 2.24) is 0 Å². The van der Waals surface area contributed by atoms with Crippen molar-refractivity contribution < 1.29 is 27.4 Å². The van der Waals surface area contributed by atoms with E-state index in [1.165, 1.54) is 12.1 Å². The van der Waals surface area contributed by atoms with Gasteiger partial charge in [0.2, 0.25) is 0 Å². The maximum absolute atomic E-state index is 13.7. The molecule has 30 heavy (non-hydrogen) atoms. The van der Waals surface area contributed by atoms with Gasteiger partial charge in [-0.2, -0.15) is 17.6 Å². The van der Waals surface area contributed by atoms with Gasteiger partial charge in [0, 0.05) is 33.1 Å². The molecule has 0 amide bonds. The van der Waals surface area contributed by atoms with Crippen LogP contribution in [0.1, 0.15) is 11.1 Å². The Morgan fingerprint density at radius 2 is 1.47 bits per heavy atom. The molecule has 0 aliphatic carbocycles. The van der Waals surface area contributed by atoms with Crippen molar-refractivity contribution in [2.45, 2.75) is 17.4 Å². The molecular weight excluding hydrogens is 464 g/mol. The van der Waals surface area contributed by atoms with E-state index < -0.39 is 10.9 Å². The molecule has 0 heterocycles. The Labute approximate surface area is 177 Å². The van der Waals surface area contributed by atoms with Crippen molar-refractivity contribution >= 4 is 37.5 Å². The zero-order valence-corrected chi connectivity index (χ0v) is 17.0. The number of hydrogen-bond donors (Lipinski definition) is 1. The number of fused-ring (bicyclic) bond motifs is 2. The molecule has 154 valence electrons. The van der Waals surface area contributed by atoms with Crippen LogP contribution in [0.25, 0.3) is 21.5 Å². The molecule has 0 atom stereocenters. The van der Waals surface area contributed by atoms with Crippen LogP contribution in [0.2, 0.25) is 0 Å². The predicted molar refractivity (Wildman–Crippen MR) is 112 cm³/mol. The summed E-state index contributed by atoms with van der Waals surface area (Å²) in [6.45, 7) is 0. The number of hydrogen-bond acceptors (Lipinski definition) is 2. The Morgan fingerprint density at radius 3 is 2.23 bits per heavy atom. The van der Waals surface area contributed by atoms with Gasteiger partial charge in [0.25, 0.3) is 0 Å². The van der Waals surface area contributed by atoms with E-state index >= 15 is 0 Å². The Balaban J connectivity index is 1.72. The number of ether oxygens (including phenoxy) is 1. The Morgan fingerprint density at radius 1 is 0.800 bits per heavy atom. The first-order chi connectivity index (χ1) is 14.2. The number of rotatable bonds is 5. The minimum absolute atomic E-state index is 0.142. The van der Waals surface area contributed by atoms with Gasteiger partial charge in [-0.25, -0.2) is 0 Å². The molecule has 7 heteroatoms. The molecule has 0 aliphatic rings. The van der Waals surface area contributed by atoms with Gasteiger partial charge in [-0.15, -0.1) is 0 Å². The van der Waals surface area contributed by atoms with Gasteiger partial charge < -0.3 is 9.84 Å². The molecule has 1 N–H and O–H groups in total. The molecule has 0 bridgehead atoms. The highest BCUT2D eigenvalue weighted by atomic mass is 79.9. The maximum atomic E-state index is 13.7. The molecule has 0 aliphatic heterocycles. The second-order valence-electron chi connectivity index (χ2n) is 6.90. The summed E-state index contributed by atoms with van der Waals surface area (Å²) in [5.41, 5.74) is 1.36. The Hall–Kier alpha value is -2.80. The van der Waals surface area contributed by atoms with Crippen molar-refractivity contribution in [2.75, 3.05) is 0 Å². The lowest BCUT2D eigenvalue weighted by Crippen LogP contribution is -2.40. The highest BCUT2D eigenvalue weighted by molar-refractivity contribution is 9.10. The monoisotopic (exact) mass is 478 g/mol. The van der Waals surface area contributed by atoms with Gasteiger partial charge in [0.1, 0.15) is 11.5 Å². The quantitative estimate of drug-likeness (QED) is 0.241. The Bertz CT molecular complexity index is 1240. The molecule has 0 radical (unpaired) electrons. The van der Waals surface area contributed by atoms with E-state index in [4.69, 9.17) is 0 Å². The second-order valence-corrected chi connectivity index (χ2v) is 7.90. The van der Waals surface area contributed by atoms with Crippen molar-refractivity contribution in [3.05, 3.63) is 83.9 Å². The first-order valence-electron chi connectivity index (χ1n) is 9.00. The third-order valence-corrected chi connectivity index (χ3v) is 5.32. The fourth-order valence-corrected chi connectivity index (χ4v) is 3.43. The number of phenolic OH excluding ortho intramolecular Hbond substituents is 1. The van der Waals surface area contributed by atoms with Gasteiger partial charge in [-0.05, 0) is 34.0 Å². The fraction of sp³-hybridized carbons (Fsp3) is 0.130. The average Bonchev–Trinajstić information content (AvgIpc) is 2.70. The van der Waals surface area contributed by atoms with Crippen LogP contribution in [0.3, 0.4) is 0 Å². The van der Waals surface area contributed by atoms with Crippen molar-refractivity contribution in [2.24, 2.45) is 0 Å². The summed E-state index contributed by atoms with van der Waals surface area (Å²) in [4.78, 5) is -4.52. The maximum Gasteiger partial charge on any atom is 0.475 e. The zero-order chi connectivity index (χ0) is 21.5. The van der Waals surface area contributed by atoms with Crippen LogP contribution in [0.4, 0.5) is 17.6 Å². The summed E-state index contributed by atoms with van der Waals surface area (Å²) in [5, 5.41) is 13.0. The Kier molecular flexibility index (Phi) is 5.10. The fourth-order valence-electron chi connectivity index (χ4n) is 3.35. The molecular formula is C23H15BrF4O2. The van der Waals surface area contributed by atoms with E-state index in [0.29, 0.717) is 28.3 Å². The first-order valence-corrected chi connectivity index (χ1v) is 9.80. The third-order valence-electron chi connectivity index (χ3n) is 4.85. The summed E-state index contributed by atoms with van der Waals surface area (Å²) in [7, 11) is 0. The lowest BCUT2D eigenvalue weighted by atomic mass is 9.98. The number of phenols is 1. The first kappa shape index (κ1) is 20.5. The van der Waals surface area contributed by atoms with E-state index in [9.17, 15) is 22.7 Å². The number of aromatic hydroxyl groups is 1. The minimum Gasteiger partial charge on any atom is -0.507 e. The number of benzene rings is 4. The van der Waals surface area contributed by atoms with Crippen LogP contribution in [-0.2, 0) is 6.42 Å². The van der Waals surface area contributed by atoms with Crippen molar-refractivity contribution in [3.63, 3.8) is 0 Å². The molecule has 0 fully saturated rings. The molecule has 0 saturated heterocycles. The van der Waals surface area contributed by atoms with Crippen molar-refractivity contribution in [3.8, 4) is 11.5 Å². The van der Waals surface area contributed by atoms with Crippen LogP contribution in [0, 0.1) is 0 Å². The third kappa shape index (κ3) is 3.81. The zero-order valence-electron chi connectivity index (χ0n) is 15.4. The molecule has 4 aromatic carbocycles. The van der Waals surface area contributed by atoms with Gasteiger partial charge >= 0.3 is 10.9 Å². The lowest BCUT2D eigenvalue weighted by molar-refractivity contribution is -0.265. The van der Waals surface area contributed by atoms with Crippen LogP contribution in [-0.4, -0.2) is 16.0 Å². The SMILES string of the molecule is Oc1c(Cc2ccc3cccc(OC(F)(F)C(F)(F)Br)c3c2)ccc2ccccc12. The average molecular weight is 479 g/mol. The predicted octanol–water partition coefficient (Wildman–Crippen LogP) is 7.25. The smallest absolute Gasteiger partial charge is 0.475 e. The molecule has 4 rings (SSSR count). The normalized spacial score (nSPS) is 12.4. The number of halogens is 5. The second kappa shape index (κ2) is 7.47. The van der Waals surface area contributed by atoms with E-state index in [0.717, 1.165) is 5.39 Å². The molecule has 0 unspecified atom stereocenters. The summed E-state index contributed by atoms with van der Waals surface area (Å²) in [6.07, 6.45) is -4.40. The van der Waals surface area contributed by atoms with Gasteiger partial charge in [-0.1, -0.05) is 60.7 Å². The molecule has 4 aromatic rings. The molecule has 0 spiro atoms. The van der Waals surface area contributed by atoms with E-state index in [1.54, 1.807) is 46.3 Å². The molecule has 0 aromatic heterocycles. The molecule has 0 saturated carbocycles. The number of alkyl halides is 5. The van der Waals surface area contributed by atoms with Crippen LogP contribution in [0.15, 0.2) is 72.8 Å².